The van der Waals surface area contributed by atoms with Gasteiger partial charge in [-0.25, -0.2) is 0 Å². The average molecular weight is 305 g/mol. The Morgan fingerprint density at radius 1 is 1.47 bits per heavy atom. The number of hydrogen-bond donors (Lipinski definition) is 1. The molecule has 5 heteroatoms. The minimum absolute atomic E-state index is 0. The minimum atomic E-state index is 0. The molecule has 2 N–H and O–H groups in total. The SMILES string of the molecule is CCOc1ccc(Cl)cc1CN1CCC(CN)C1.Cl. The Balaban J connectivity index is 0.00000180. The van der Waals surface area contributed by atoms with Gasteiger partial charge in [-0.05, 0) is 50.6 Å². The molecule has 0 aromatic heterocycles. The van der Waals surface area contributed by atoms with E-state index in [-0.39, 0.29) is 12.4 Å². The summed E-state index contributed by atoms with van der Waals surface area (Å²) in [5, 5.41) is 0.767. The van der Waals surface area contributed by atoms with E-state index in [2.05, 4.69) is 4.90 Å². The van der Waals surface area contributed by atoms with Gasteiger partial charge in [0.15, 0.2) is 0 Å². The van der Waals surface area contributed by atoms with Crippen LogP contribution in [0.4, 0.5) is 0 Å². The fraction of sp³-hybridized carbons (Fsp3) is 0.571. The first-order valence-corrected chi connectivity index (χ1v) is 6.94. The van der Waals surface area contributed by atoms with E-state index in [9.17, 15) is 0 Å². The zero-order chi connectivity index (χ0) is 13.0. The number of nitrogens with zero attached hydrogens (tertiary/aromatic N) is 1. The first-order chi connectivity index (χ1) is 8.72. The van der Waals surface area contributed by atoms with Gasteiger partial charge in [-0.1, -0.05) is 11.6 Å². The van der Waals surface area contributed by atoms with Crippen LogP contribution in [-0.2, 0) is 6.54 Å². The first kappa shape index (κ1) is 16.6. The summed E-state index contributed by atoms with van der Waals surface area (Å²) >= 11 is 6.06. The molecule has 1 fully saturated rings. The number of nitrogens with two attached hydrogens (primary N) is 1. The molecule has 1 aliphatic rings. The molecule has 0 bridgehead atoms. The van der Waals surface area contributed by atoms with Gasteiger partial charge in [0.2, 0.25) is 0 Å². The molecule has 0 saturated carbocycles. The third-order valence-corrected chi connectivity index (χ3v) is 3.65. The van der Waals surface area contributed by atoms with Crippen LogP contribution in [-0.4, -0.2) is 31.1 Å². The van der Waals surface area contributed by atoms with E-state index >= 15 is 0 Å². The monoisotopic (exact) mass is 304 g/mol. The fourth-order valence-electron chi connectivity index (χ4n) is 2.46. The average Bonchev–Trinajstić information content (AvgIpc) is 2.80. The molecule has 1 heterocycles. The highest BCUT2D eigenvalue weighted by Crippen LogP contribution is 2.26. The Labute approximate surface area is 126 Å². The van der Waals surface area contributed by atoms with E-state index in [1.165, 1.54) is 12.0 Å². The van der Waals surface area contributed by atoms with Gasteiger partial charge in [0.1, 0.15) is 5.75 Å². The van der Waals surface area contributed by atoms with Gasteiger partial charge < -0.3 is 10.5 Å². The molecule has 108 valence electrons. The standard InChI is InChI=1S/C14H21ClN2O.ClH/c1-2-18-14-4-3-13(15)7-12(14)10-17-6-5-11(8-16)9-17;/h3-4,7,11H,2,5-6,8-10,16H2,1H3;1H. The molecular weight excluding hydrogens is 283 g/mol. The van der Waals surface area contributed by atoms with Gasteiger partial charge in [-0.3, -0.25) is 4.90 Å². The predicted octanol–water partition coefficient (Wildman–Crippen LogP) is 2.94. The normalized spacial score (nSPS) is 19.2. The van der Waals surface area contributed by atoms with Gasteiger partial charge >= 0.3 is 0 Å². The predicted molar refractivity (Wildman–Crippen MR) is 82.3 cm³/mol. The first-order valence-electron chi connectivity index (χ1n) is 6.56. The van der Waals surface area contributed by atoms with E-state index in [4.69, 9.17) is 22.1 Å². The van der Waals surface area contributed by atoms with Crippen LogP contribution < -0.4 is 10.5 Å². The molecule has 3 nitrogen and oxygen atoms in total. The van der Waals surface area contributed by atoms with Crippen LogP contribution in [0.5, 0.6) is 5.75 Å². The zero-order valence-electron chi connectivity index (χ0n) is 11.3. The smallest absolute Gasteiger partial charge is 0.123 e. The fourth-order valence-corrected chi connectivity index (χ4v) is 2.65. The van der Waals surface area contributed by atoms with Crippen molar-refractivity contribution in [1.29, 1.82) is 0 Å². The van der Waals surface area contributed by atoms with E-state index in [0.717, 1.165) is 37.0 Å². The van der Waals surface area contributed by atoms with Crippen molar-refractivity contribution in [3.05, 3.63) is 28.8 Å². The lowest BCUT2D eigenvalue weighted by Gasteiger charge is -2.18. The highest BCUT2D eigenvalue weighted by molar-refractivity contribution is 6.30. The lowest BCUT2D eigenvalue weighted by molar-refractivity contribution is 0.297. The van der Waals surface area contributed by atoms with Crippen LogP contribution in [0.25, 0.3) is 0 Å². The summed E-state index contributed by atoms with van der Waals surface area (Å²) in [4.78, 5) is 2.42. The third-order valence-electron chi connectivity index (χ3n) is 3.42. The second kappa shape index (κ2) is 7.95. The molecule has 2 rings (SSSR count). The number of likely N-dealkylation sites (tertiary alicyclic amines) is 1. The second-order valence-electron chi connectivity index (χ2n) is 4.81. The summed E-state index contributed by atoms with van der Waals surface area (Å²) in [5.74, 6) is 1.58. The number of hydrogen-bond acceptors (Lipinski definition) is 3. The van der Waals surface area contributed by atoms with Crippen LogP contribution in [0.15, 0.2) is 18.2 Å². The lowest BCUT2D eigenvalue weighted by atomic mass is 10.1. The molecule has 1 aliphatic heterocycles. The molecule has 1 aromatic carbocycles. The van der Waals surface area contributed by atoms with Gasteiger partial charge in [0.05, 0.1) is 6.61 Å². The van der Waals surface area contributed by atoms with Gasteiger partial charge in [-0.15, -0.1) is 12.4 Å². The maximum absolute atomic E-state index is 6.06. The third kappa shape index (κ3) is 4.53. The molecule has 1 saturated heterocycles. The van der Waals surface area contributed by atoms with Crippen LogP contribution >= 0.6 is 24.0 Å². The molecule has 0 aliphatic carbocycles. The van der Waals surface area contributed by atoms with Crippen molar-refractivity contribution in [3.8, 4) is 5.75 Å². The topological polar surface area (TPSA) is 38.5 Å². The number of ether oxygens (including phenoxy) is 1. The molecule has 0 radical (unpaired) electrons. The molecule has 0 amide bonds. The number of benzene rings is 1. The Morgan fingerprint density at radius 2 is 2.26 bits per heavy atom. The molecule has 0 spiro atoms. The van der Waals surface area contributed by atoms with Crippen molar-refractivity contribution in [3.63, 3.8) is 0 Å². The summed E-state index contributed by atoms with van der Waals surface area (Å²) in [7, 11) is 0. The second-order valence-corrected chi connectivity index (χ2v) is 5.25. The molecular formula is C14H22Cl2N2O. The van der Waals surface area contributed by atoms with Gasteiger partial charge in [0.25, 0.3) is 0 Å². The van der Waals surface area contributed by atoms with E-state index in [0.29, 0.717) is 12.5 Å². The summed E-state index contributed by atoms with van der Waals surface area (Å²) in [6.07, 6.45) is 1.20. The van der Waals surface area contributed by atoms with E-state index < -0.39 is 0 Å². The van der Waals surface area contributed by atoms with Crippen molar-refractivity contribution in [2.45, 2.75) is 19.9 Å². The Bertz CT molecular complexity index is 401. The lowest BCUT2D eigenvalue weighted by Crippen LogP contribution is -2.23. The van der Waals surface area contributed by atoms with Gasteiger partial charge in [0, 0.05) is 23.7 Å². The summed E-state index contributed by atoms with van der Waals surface area (Å²) < 4.78 is 5.65. The highest BCUT2D eigenvalue weighted by atomic mass is 35.5. The quantitative estimate of drug-likeness (QED) is 0.909. The highest BCUT2D eigenvalue weighted by Gasteiger charge is 2.22. The van der Waals surface area contributed by atoms with Crippen molar-refractivity contribution in [2.75, 3.05) is 26.2 Å². The molecule has 1 atom stereocenters. The molecule has 19 heavy (non-hydrogen) atoms. The number of rotatable bonds is 5. The largest absolute Gasteiger partial charge is 0.494 e. The van der Waals surface area contributed by atoms with Gasteiger partial charge in [-0.2, -0.15) is 0 Å². The van der Waals surface area contributed by atoms with Crippen molar-refractivity contribution in [1.82, 2.24) is 4.90 Å². The van der Waals surface area contributed by atoms with Crippen molar-refractivity contribution in [2.24, 2.45) is 11.7 Å². The molecule has 1 unspecified atom stereocenters. The van der Waals surface area contributed by atoms with Crippen LogP contribution in [0, 0.1) is 5.92 Å². The number of halogens is 2. The van der Waals surface area contributed by atoms with Crippen molar-refractivity contribution >= 4 is 24.0 Å². The summed E-state index contributed by atoms with van der Waals surface area (Å²) in [5.41, 5.74) is 6.89. The van der Waals surface area contributed by atoms with E-state index in [1.54, 1.807) is 0 Å². The Morgan fingerprint density at radius 3 is 2.89 bits per heavy atom. The Hall–Kier alpha value is -0.480. The van der Waals surface area contributed by atoms with Crippen molar-refractivity contribution < 1.29 is 4.74 Å². The Kier molecular flexibility index (Phi) is 6.94. The van der Waals surface area contributed by atoms with Crippen LogP contribution in [0.3, 0.4) is 0 Å². The maximum atomic E-state index is 6.06. The van der Waals surface area contributed by atoms with Crippen LogP contribution in [0.2, 0.25) is 5.02 Å². The molecule has 1 aromatic rings. The minimum Gasteiger partial charge on any atom is -0.494 e. The zero-order valence-corrected chi connectivity index (χ0v) is 12.8. The maximum Gasteiger partial charge on any atom is 0.123 e. The summed E-state index contributed by atoms with van der Waals surface area (Å²) in [6.45, 7) is 6.55. The van der Waals surface area contributed by atoms with Crippen LogP contribution in [0.1, 0.15) is 18.9 Å². The summed E-state index contributed by atoms with van der Waals surface area (Å²) in [6, 6.07) is 5.84. The van der Waals surface area contributed by atoms with E-state index in [1.807, 2.05) is 25.1 Å².